The Labute approximate surface area is 156 Å². The number of likely N-dealkylation sites (N-methyl/N-ethyl adjacent to an activating group) is 1. The summed E-state index contributed by atoms with van der Waals surface area (Å²) < 4.78 is 26.5. The molecule has 0 heterocycles. The minimum absolute atomic E-state index is 0.0703. The van der Waals surface area contributed by atoms with Gasteiger partial charge in [-0.2, -0.15) is 4.31 Å². The van der Waals surface area contributed by atoms with E-state index in [2.05, 4.69) is 13.8 Å². The van der Waals surface area contributed by atoms with Crippen LogP contribution in [0.5, 0.6) is 0 Å². The molecule has 0 aliphatic heterocycles. The number of sulfonamides is 1. The third kappa shape index (κ3) is 4.51. The van der Waals surface area contributed by atoms with E-state index >= 15 is 0 Å². The zero-order chi connectivity index (χ0) is 19.6. The highest BCUT2D eigenvalue weighted by molar-refractivity contribution is 7.89. The number of hydrogen-bond acceptors (Lipinski definition) is 4. The van der Waals surface area contributed by atoms with E-state index in [-0.39, 0.29) is 35.2 Å². The van der Waals surface area contributed by atoms with E-state index in [1.165, 1.54) is 38.2 Å². The average molecular weight is 381 g/mol. The second kappa shape index (κ2) is 7.88. The molecule has 26 heavy (non-hydrogen) atoms. The summed E-state index contributed by atoms with van der Waals surface area (Å²) in [5.41, 5.74) is 0.452. The summed E-state index contributed by atoms with van der Waals surface area (Å²) in [6.07, 6.45) is 1.96. The molecule has 1 unspecified atom stereocenters. The normalized spacial score (nSPS) is 16.0. The quantitative estimate of drug-likeness (QED) is 0.650. The molecule has 1 atom stereocenters. The Bertz CT molecular complexity index is 767. The molecule has 1 aliphatic carbocycles. The van der Waals surface area contributed by atoms with Crippen LogP contribution in [0.3, 0.4) is 0 Å². The Morgan fingerprint density at radius 2 is 1.65 bits per heavy atom. The molecule has 0 bridgehead atoms. The summed E-state index contributed by atoms with van der Waals surface area (Å²) in [7, 11) is -2.37. The highest BCUT2D eigenvalue weighted by Gasteiger charge is 2.37. The first-order chi connectivity index (χ1) is 12.1. The van der Waals surface area contributed by atoms with Gasteiger partial charge in [0.15, 0.2) is 5.78 Å². The minimum atomic E-state index is -3.79. The molecule has 0 saturated heterocycles. The van der Waals surface area contributed by atoms with Crippen molar-refractivity contribution in [3.63, 3.8) is 0 Å². The lowest BCUT2D eigenvalue weighted by atomic mass is 10.0. The predicted molar refractivity (Wildman–Crippen MR) is 100 cm³/mol. The topological polar surface area (TPSA) is 74.8 Å². The SMILES string of the molecule is CC(=O)c1ccc(S(=O)(=O)N(C)CC(=O)N(C2CC2)C(C)C(C)C)cc1. The Kier molecular flexibility index (Phi) is 6.24. The number of ketones is 1. The van der Waals surface area contributed by atoms with Crippen molar-refractivity contribution in [2.24, 2.45) is 5.92 Å². The van der Waals surface area contributed by atoms with Crippen molar-refractivity contribution in [1.82, 2.24) is 9.21 Å². The fourth-order valence-electron chi connectivity index (χ4n) is 2.84. The zero-order valence-corrected chi connectivity index (χ0v) is 16.9. The van der Waals surface area contributed by atoms with Crippen LogP contribution in [0.25, 0.3) is 0 Å². The average Bonchev–Trinajstić information content (AvgIpc) is 3.39. The van der Waals surface area contributed by atoms with Crippen LogP contribution in [0.1, 0.15) is 50.9 Å². The number of nitrogens with zero attached hydrogens (tertiary/aromatic N) is 2. The van der Waals surface area contributed by atoms with Gasteiger partial charge in [-0.1, -0.05) is 26.0 Å². The van der Waals surface area contributed by atoms with Gasteiger partial charge < -0.3 is 4.90 Å². The molecular formula is C19H28N2O4S. The maximum absolute atomic E-state index is 12.8. The van der Waals surface area contributed by atoms with E-state index in [0.717, 1.165) is 17.1 Å². The van der Waals surface area contributed by atoms with Crippen molar-refractivity contribution >= 4 is 21.7 Å². The summed E-state index contributed by atoms with van der Waals surface area (Å²) in [4.78, 5) is 26.0. The molecule has 6 nitrogen and oxygen atoms in total. The Hall–Kier alpha value is -1.73. The zero-order valence-electron chi connectivity index (χ0n) is 16.1. The molecule has 144 valence electrons. The predicted octanol–water partition coefficient (Wildman–Crippen LogP) is 2.55. The van der Waals surface area contributed by atoms with Crippen LogP contribution in [0, 0.1) is 5.92 Å². The number of Topliss-reactive ketones (excluding diaryl/α,β-unsaturated/α-hetero) is 1. The Balaban J connectivity index is 2.14. The monoisotopic (exact) mass is 380 g/mol. The van der Waals surface area contributed by atoms with Crippen molar-refractivity contribution in [3.8, 4) is 0 Å². The Morgan fingerprint density at radius 1 is 1.12 bits per heavy atom. The van der Waals surface area contributed by atoms with Gasteiger partial charge in [0.05, 0.1) is 11.4 Å². The van der Waals surface area contributed by atoms with Gasteiger partial charge in [0.1, 0.15) is 0 Å². The van der Waals surface area contributed by atoms with Crippen LogP contribution in [0.15, 0.2) is 29.2 Å². The summed E-state index contributed by atoms with van der Waals surface area (Å²) in [5, 5.41) is 0. The molecule has 1 aliphatic rings. The smallest absolute Gasteiger partial charge is 0.243 e. The van der Waals surface area contributed by atoms with Crippen molar-refractivity contribution in [3.05, 3.63) is 29.8 Å². The van der Waals surface area contributed by atoms with Crippen molar-refractivity contribution < 1.29 is 18.0 Å². The van der Waals surface area contributed by atoms with Crippen LogP contribution in [-0.2, 0) is 14.8 Å². The van der Waals surface area contributed by atoms with E-state index in [9.17, 15) is 18.0 Å². The van der Waals surface area contributed by atoms with E-state index in [4.69, 9.17) is 0 Å². The van der Waals surface area contributed by atoms with Crippen LogP contribution in [-0.4, -0.2) is 55.0 Å². The molecule has 2 rings (SSSR count). The van der Waals surface area contributed by atoms with E-state index in [1.807, 2.05) is 11.8 Å². The largest absolute Gasteiger partial charge is 0.336 e. The van der Waals surface area contributed by atoms with Gasteiger partial charge in [-0.05, 0) is 44.7 Å². The second-order valence-corrected chi connectivity index (χ2v) is 9.40. The third-order valence-electron chi connectivity index (χ3n) is 4.96. The maximum atomic E-state index is 12.8. The van der Waals surface area contributed by atoms with Crippen LogP contribution >= 0.6 is 0 Å². The molecule has 0 radical (unpaired) electrons. The lowest BCUT2D eigenvalue weighted by Gasteiger charge is -2.33. The highest BCUT2D eigenvalue weighted by Crippen LogP contribution is 2.31. The lowest BCUT2D eigenvalue weighted by molar-refractivity contribution is -0.134. The van der Waals surface area contributed by atoms with Gasteiger partial charge in [-0.15, -0.1) is 0 Å². The van der Waals surface area contributed by atoms with Crippen molar-refractivity contribution in [2.45, 2.75) is 57.5 Å². The van der Waals surface area contributed by atoms with Crippen molar-refractivity contribution in [1.29, 1.82) is 0 Å². The third-order valence-corrected chi connectivity index (χ3v) is 6.78. The molecule has 1 saturated carbocycles. The molecule has 0 aromatic heterocycles. The van der Waals surface area contributed by atoms with Gasteiger partial charge in [0.2, 0.25) is 15.9 Å². The van der Waals surface area contributed by atoms with Gasteiger partial charge in [0.25, 0.3) is 0 Å². The first-order valence-electron chi connectivity index (χ1n) is 8.94. The summed E-state index contributed by atoms with van der Waals surface area (Å²) >= 11 is 0. The van der Waals surface area contributed by atoms with E-state index in [0.29, 0.717) is 11.5 Å². The lowest BCUT2D eigenvalue weighted by Crippen LogP contribution is -2.48. The molecule has 1 amide bonds. The molecule has 1 aromatic rings. The first kappa shape index (κ1) is 20.6. The molecule has 0 spiro atoms. The summed E-state index contributed by atoms with van der Waals surface area (Å²) in [6, 6.07) is 6.08. The number of benzene rings is 1. The minimum Gasteiger partial charge on any atom is -0.336 e. The fraction of sp³-hybridized carbons (Fsp3) is 0.579. The van der Waals surface area contributed by atoms with Crippen LogP contribution in [0.2, 0.25) is 0 Å². The number of carbonyl (C=O) groups is 2. The number of amides is 1. The van der Waals surface area contributed by atoms with Gasteiger partial charge in [-0.25, -0.2) is 8.42 Å². The fourth-order valence-corrected chi connectivity index (χ4v) is 3.96. The first-order valence-corrected chi connectivity index (χ1v) is 10.4. The summed E-state index contributed by atoms with van der Waals surface area (Å²) in [5.74, 6) is 0.0148. The second-order valence-electron chi connectivity index (χ2n) is 7.36. The molecule has 0 N–H and O–H groups in total. The Morgan fingerprint density at radius 3 is 2.08 bits per heavy atom. The number of rotatable bonds is 8. The van der Waals surface area contributed by atoms with E-state index < -0.39 is 10.0 Å². The highest BCUT2D eigenvalue weighted by atomic mass is 32.2. The van der Waals surface area contributed by atoms with E-state index in [1.54, 1.807) is 0 Å². The molecule has 1 aromatic carbocycles. The molecule has 1 fully saturated rings. The number of carbonyl (C=O) groups excluding carboxylic acids is 2. The maximum Gasteiger partial charge on any atom is 0.243 e. The molecular weight excluding hydrogens is 352 g/mol. The van der Waals surface area contributed by atoms with Gasteiger partial charge >= 0.3 is 0 Å². The number of hydrogen-bond donors (Lipinski definition) is 0. The molecule has 7 heteroatoms. The van der Waals surface area contributed by atoms with Gasteiger partial charge in [-0.3, -0.25) is 9.59 Å². The van der Waals surface area contributed by atoms with Crippen LogP contribution in [0.4, 0.5) is 0 Å². The van der Waals surface area contributed by atoms with Gasteiger partial charge in [0, 0.05) is 24.7 Å². The van der Waals surface area contributed by atoms with Crippen LogP contribution < -0.4 is 0 Å². The standard InChI is InChI=1S/C19H28N2O4S/c1-13(2)14(3)21(17-8-9-17)19(23)12-20(5)26(24,25)18-10-6-16(7-11-18)15(4)22/h6-7,10-11,13-14,17H,8-9,12H2,1-5H3. The van der Waals surface area contributed by atoms with Crippen molar-refractivity contribution in [2.75, 3.05) is 13.6 Å². The summed E-state index contributed by atoms with van der Waals surface area (Å²) in [6.45, 7) is 7.37.